The van der Waals surface area contributed by atoms with Gasteiger partial charge in [0.2, 0.25) is 5.78 Å². The molecule has 1 aliphatic rings. The SMILES string of the molecule is COc1ccc(CCn2c(C)cc(C(=O)COc3ccc(C(=O)N4CCCC4)cc3)c2C)cc1. The highest BCUT2D eigenvalue weighted by Gasteiger charge is 2.20. The molecule has 0 radical (unpaired) electrons. The monoisotopic (exact) mass is 460 g/mol. The van der Waals surface area contributed by atoms with Crippen LogP contribution in [0.25, 0.3) is 0 Å². The summed E-state index contributed by atoms with van der Waals surface area (Å²) in [7, 11) is 1.66. The summed E-state index contributed by atoms with van der Waals surface area (Å²) in [4.78, 5) is 27.2. The smallest absolute Gasteiger partial charge is 0.253 e. The summed E-state index contributed by atoms with van der Waals surface area (Å²) in [6.45, 7) is 6.41. The van der Waals surface area contributed by atoms with Crippen molar-refractivity contribution in [3.63, 3.8) is 0 Å². The van der Waals surface area contributed by atoms with Crippen molar-refractivity contribution in [2.75, 3.05) is 26.8 Å². The van der Waals surface area contributed by atoms with Gasteiger partial charge in [0.25, 0.3) is 5.91 Å². The molecule has 0 atom stereocenters. The quantitative estimate of drug-likeness (QED) is 0.428. The second kappa shape index (κ2) is 10.6. The summed E-state index contributed by atoms with van der Waals surface area (Å²) >= 11 is 0. The molecule has 6 nitrogen and oxygen atoms in total. The Balaban J connectivity index is 1.34. The molecule has 1 saturated heterocycles. The van der Waals surface area contributed by atoms with Gasteiger partial charge in [0.1, 0.15) is 11.5 Å². The summed E-state index contributed by atoms with van der Waals surface area (Å²) in [6.07, 6.45) is 3.00. The number of Topliss-reactive ketones (excluding diaryl/α,β-unsaturated/α-hetero) is 1. The molecule has 4 rings (SSSR count). The second-order valence-electron chi connectivity index (χ2n) is 8.77. The predicted octanol–water partition coefficient (Wildman–Crippen LogP) is 4.85. The maximum atomic E-state index is 12.9. The Labute approximate surface area is 201 Å². The third-order valence-corrected chi connectivity index (χ3v) is 6.52. The van der Waals surface area contributed by atoms with Gasteiger partial charge in [0.05, 0.1) is 7.11 Å². The highest BCUT2D eigenvalue weighted by molar-refractivity contribution is 5.98. The molecule has 0 saturated carbocycles. The van der Waals surface area contributed by atoms with Crippen LogP contribution in [-0.4, -0.2) is 48.0 Å². The number of hydrogen-bond acceptors (Lipinski definition) is 4. The van der Waals surface area contributed by atoms with Gasteiger partial charge in [0.15, 0.2) is 6.61 Å². The van der Waals surface area contributed by atoms with Crippen molar-refractivity contribution in [3.8, 4) is 11.5 Å². The summed E-state index contributed by atoms with van der Waals surface area (Å²) in [5.74, 6) is 1.43. The number of amides is 1. The van der Waals surface area contributed by atoms with Gasteiger partial charge in [0, 0.05) is 42.1 Å². The number of ketones is 1. The van der Waals surface area contributed by atoms with Crippen molar-refractivity contribution in [3.05, 3.63) is 82.7 Å². The molecule has 34 heavy (non-hydrogen) atoms. The summed E-state index contributed by atoms with van der Waals surface area (Å²) in [5.41, 5.74) is 4.57. The van der Waals surface area contributed by atoms with Gasteiger partial charge < -0.3 is 18.9 Å². The topological polar surface area (TPSA) is 60.8 Å². The van der Waals surface area contributed by atoms with Gasteiger partial charge in [-0.15, -0.1) is 0 Å². The van der Waals surface area contributed by atoms with Crippen LogP contribution in [0.2, 0.25) is 0 Å². The Morgan fingerprint density at radius 2 is 1.56 bits per heavy atom. The number of hydrogen-bond donors (Lipinski definition) is 0. The molecule has 2 aromatic carbocycles. The van der Waals surface area contributed by atoms with Gasteiger partial charge >= 0.3 is 0 Å². The van der Waals surface area contributed by atoms with Crippen molar-refractivity contribution in [2.45, 2.75) is 39.7 Å². The van der Waals surface area contributed by atoms with E-state index in [4.69, 9.17) is 9.47 Å². The number of aryl methyl sites for hydroxylation is 2. The van der Waals surface area contributed by atoms with Crippen LogP contribution >= 0.6 is 0 Å². The molecule has 0 spiro atoms. The average Bonchev–Trinajstić information content (AvgIpc) is 3.50. The molecular weight excluding hydrogens is 428 g/mol. The van der Waals surface area contributed by atoms with E-state index in [1.807, 2.05) is 36.9 Å². The standard InChI is InChI=1S/C28H32N2O4/c1-20-18-26(21(2)30(20)17-14-22-6-10-24(33-3)11-7-22)27(31)19-34-25-12-8-23(9-13-25)28(32)29-15-4-5-16-29/h6-13,18H,4-5,14-17,19H2,1-3H3. The molecule has 1 aliphatic heterocycles. The van der Waals surface area contributed by atoms with Crippen LogP contribution in [0.15, 0.2) is 54.6 Å². The van der Waals surface area contributed by atoms with Gasteiger partial charge in [-0.05, 0) is 81.1 Å². The minimum absolute atomic E-state index is 0.0395. The number of carbonyl (C=O) groups is 2. The first-order valence-electron chi connectivity index (χ1n) is 11.8. The number of aromatic nitrogens is 1. The highest BCUT2D eigenvalue weighted by Crippen LogP contribution is 2.20. The number of ether oxygens (including phenoxy) is 2. The first kappa shape index (κ1) is 23.6. The summed E-state index contributed by atoms with van der Waals surface area (Å²) in [5, 5.41) is 0. The fourth-order valence-corrected chi connectivity index (χ4v) is 4.48. The second-order valence-corrected chi connectivity index (χ2v) is 8.77. The number of methoxy groups -OCH3 is 1. The maximum absolute atomic E-state index is 12.9. The number of rotatable bonds is 9. The van der Waals surface area contributed by atoms with Crippen molar-refractivity contribution >= 4 is 11.7 Å². The normalized spacial score (nSPS) is 13.2. The van der Waals surface area contributed by atoms with Gasteiger partial charge in [-0.3, -0.25) is 9.59 Å². The maximum Gasteiger partial charge on any atom is 0.253 e. The van der Waals surface area contributed by atoms with E-state index in [0.717, 1.165) is 56.0 Å². The molecule has 2 heterocycles. The Morgan fingerprint density at radius 1 is 0.912 bits per heavy atom. The molecule has 6 heteroatoms. The van der Waals surface area contributed by atoms with Crippen molar-refractivity contribution in [1.29, 1.82) is 0 Å². The van der Waals surface area contributed by atoms with E-state index in [-0.39, 0.29) is 18.3 Å². The van der Waals surface area contributed by atoms with E-state index in [2.05, 4.69) is 16.7 Å². The van der Waals surface area contributed by atoms with Crippen molar-refractivity contribution in [2.24, 2.45) is 0 Å². The minimum atomic E-state index is -0.0546. The third kappa shape index (κ3) is 5.33. The van der Waals surface area contributed by atoms with E-state index in [0.29, 0.717) is 16.9 Å². The molecule has 1 aromatic heterocycles. The predicted molar refractivity (Wildman–Crippen MR) is 132 cm³/mol. The zero-order chi connectivity index (χ0) is 24.1. The summed E-state index contributed by atoms with van der Waals surface area (Å²) in [6, 6.07) is 17.1. The van der Waals surface area contributed by atoms with E-state index in [9.17, 15) is 9.59 Å². The first-order valence-corrected chi connectivity index (χ1v) is 11.8. The molecule has 0 aliphatic carbocycles. The lowest BCUT2D eigenvalue weighted by Crippen LogP contribution is -2.27. The molecule has 1 amide bonds. The lowest BCUT2D eigenvalue weighted by molar-refractivity contribution is 0.0792. The van der Waals surface area contributed by atoms with Crippen LogP contribution in [0.1, 0.15) is 50.5 Å². The molecule has 3 aromatic rings. The zero-order valence-electron chi connectivity index (χ0n) is 20.2. The van der Waals surface area contributed by atoms with Crippen LogP contribution in [-0.2, 0) is 13.0 Å². The Kier molecular flexibility index (Phi) is 7.36. The van der Waals surface area contributed by atoms with E-state index >= 15 is 0 Å². The Bertz CT molecular complexity index is 1140. The van der Waals surface area contributed by atoms with E-state index < -0.39 is 0 Å². The molecule has 178 valence electrons. The molecule has 0 bridgehead atoms. The van der Waals surface area contributed by atoms with Crippen molar-refractivity contribution in [1.82, 2.24) is 9.47 Å². The molecular formula is C28H32N2O4. The van der Waals surface area contributed by atoms with Crippen LogP contribution in [0, 0.1) is 13.8 Å². The Morgan fingerprint density at radius 3 is 2.21 bits per heavy atom. The molecule has 0 unspecified atom stereocenters. The molecule has 0 N–H and O–H groups in total. The van der Waals surface area contributed by atoms with Crippen LogP contribution in [0.4, 0.5) is 0 Å². The largest absolute Gasteiger partial charge is 0.497 e. The number of likely N-dealkylation sites (tertiary alicyclic amines) is 1. The fraction of sp³-hybridized carbons (Fsp3) is 0.357. The minimum Gasteiger partial charge on any atom is -0.497 e. The lowest BCUT2D eigenvalue weighted by atomic mass is 10.1. The fourth-order valence-electron chi connectivity index (χ4n) is 4.48. The average molecular weight is 461 g/mol. The zero-order valence-corrected chi connectivity index (χ0v) is 20.2. The van der Waals surface area contributed by atoms with E-state index in [1.54, 1.807) is 31.4 Å². The Hall–Kier alpha value is -3.54. The lowest BCUT2D eigenvalue weighted by Gasteiger charge is -2.15. The van der Waals surface area contributed by atoms with Gasteiger partial charge in [-0.1, -0.05) is 12.1 Å². The van der Waals surface area contributed by atoms with Crippen LogP contribution in [0.5, 0.6) is 11.5 Å². The number of nitrogens with zero attached hydrogens (tertiary/aromatic N) is 2. The van der Waals surface area contributed by atoms with Gasteiger partial charge in [-0.2, -0.15) is 0 Å². The number of carbonyl (C=O) groups excluding carboxylic acids is 2. The van der Waals surface area contributed by atoms with Crippen LogP contribution < -0.4 is 9.47 Å². The van der Waals surface area contributed by atoms with E-state index in [1.165, 1.54) is 5.56 Å². The highest BCUT2D eigenvalue weighted by atomic mass is 16.5. The van der Waals surface area contributed by atoms with Crippen LogP contribution in [0.3, 0.4) is 0 Å². The molecule has 1 fully saturated rings. The van der Waals surface area contributed by atoms with Gasteiger partial charge in [-0.25, -0.2) is 0 Å². The summed E-state index contributed by atoms with van der Waals surface area (Å²) < 4.78 is 13.1. The number of benzene rings is 2. The first-order chi connectivity index (χ1) is 16.5. The van der Waals surface area contributed by atoms with Crippen molar-refractivity contribution < 1.29 is 19.1 Å². The third-order valence-electron chi connectivity index (χ3n) is 6.52.